The molecule has 10 heteroatoms. The van der Waals surface area contributed by atoms with Crippen molar-refractivity contribution in [3.8, 4) is 28.7 Å². The molecule has 0 bridgehead atoms. The van der Waals surface area contributed by atoms with Crippen LogP contribution in [-0.4, -0.2) is 44.0 Å². The lowest BCUT2D eigenvalue weighted by atomic mass is 9.96. The third-order valence-corrected chi connectivity index (χ3v) is 8.01. The normalized spacial score (nSPS) is 13.3. The standard InChI is InChI=1S/C31H27ClN6O3/c1-17-20(6-4-7-21(17)31-36-24-13-18(16-39)12-19(14-33)28(24)41-31)22-8-5-9-23(27(22)32)35-30(40)29-34-25-15-37(2)11-10-26(25)38(29)3/h4-9,12-13,39H,10-11,15-16H2,1-3H3,(H,35,40). The fourth-order valence-electron chi connectivity index (χ4n) is 5.42. The van der Waals surface area contributed by atoms with E-state index in [2.05, 4.69) is 26.3 Å². The maximum atomic E-state index is 13.3. The largest absolute Gasteiger partial charge is 0.435 e. The van der Waals surface area contributed by atoms with Crippen LogP contribution in [0.1, 0.15) is 38.7 Å². The Hall–Kier alpha value is -4.49. The van der Waals surface area contributed by atoms with Gasteiger partial charge < -0.3 is 24.3 Å². The van der Waals surface area contributed by atoms with Crippen LogP contribution < -0.4 is 5.32 Å². The van der Waals surface area contributed by atoms with Crippen molar-refractivity contribution < 1.29 is 14.3 Å². The maximum absolute atomic E-state index is 13.3. The van der Waals surface area contributed by atoms with Crippen LogP contribution in [0, 0.1) is 18.3 Å². The molecular formula is C31H27ClN6O3. The first-order valence-electron chi connectivity index (χ1n) is 13.2. The average Bonchev–Trinajstić information content (AvgIpc) is 3.54. The van der Waals surface area contributed by atoms with Gasteiger partial charge in [-0.05, 0) is 54.9 Å². The molecule has 3 heterocycles. The third kappa shape index (κ3) is 4.66. The summed E-state index contributed by atoms with van der Waals surface area (Å²) >= 11 is 6.89. The van der Waals surface area contributed by atoms with E-state index in [0.29, 0.717) is 51.2 Å². The Morgan fingerprint density at radius 3 is 2.68 bits per heavy atom. The zero-order valence-electron chi connectivity index (χ0n) is 22.8. The van der Waals surface area contributed by atoms with Crippen molar-refractivity contribution in [2.75, 3.05) is 18.9 Å². The van der Waals surface area contributed by atoms with Crippen molar-refractivity contribution in [3.63, 3.8) is 0 Å². The van der Waals surface area contributed by atoms with Crippen LogP contribution in [0.5, 0.6) is 0 Å². The van der Waals surface area contributed by atoms with E-state index in [1.54, 1.807) is 18.2 Å². The molecule has 0 fully saturated rings. The van der Waals surface area contributed by atoms with Crippen LogP contribution >= 0.6 is 11.6 Å². The highest BCUT2D eigenvalue weighted by Gasteiger charge is 2.25. The third-order valence-electron chi connectivity index (χ3n) is 7.60. The van der Waals surface area contributed by atoms with E-state index in [1.165, 1.54) is 0 Å². The first-order chi connectivity index (χ1) is 19.8. The number of nitrogens with one attached hydrogen (secondary N) is 1. The summed E-state index contributed by atoms with van der Waals surface area (Å²) in [5, 5.41) is 22.5. The SMILES string of the molecule is Cc1c(-c2nc3cc(CO)cc(C#N)c3o2)cccc1-c1cccc(NC(=O)c2nc3c(n2C)CCN(C)C3)c1Cl. The zero-order chi connectivity index (χ0) is 28.8. The molecular weight excluding hydrogens is 540 g/mol. The van der Waals surface area contributed by atoms with Crippen LogP contribution in [0.2, 0.25) is 5.02 Å². The van der Waals surface area contributed by atoms with Gasteiger partial charge in [-0.2, -0.15) is 5.26 Å². The number of fused-ring (bicyclic) bond motifs is 2. The van der Waals surface area contributed by atoms with E-state index in [1.807, 2.05) is 55.9 Å². The summed E-state index contributed by atoms with van der Waals surface area (Å²) < 4.78 is 7.90. The number of hydrogen-bond donors (Lipinski definition) is 2. The van der Waals surface area contributed by atoms with Gasteiger partial charge in [0.25, 0.3) is 5.91 Å². The van der Waals surface area contributed by atoms with Crippen molar-refractivity contribution in [1.29, 1.82) is 5.26 Å². The number of amides is 1. The van der Waals surface area contributed by atoms with Crippen LogP contribution in [0.3, 0.4) is 0 Å². The Morgan fingerprint density at radius 2 is 1.90 bits per heavy atom. The highest BCUT2D eigenvalue weighted by atomic mass is 35.5. The predicted molar refractivity (Wildman–Crippen MR) is 156 cm³/mol. The Labute approximate surface area is 241 Å². The van der Waals surface area contributed by atoms with Crippen molar-refractivity contribution in [1.82, 2.24) is 19.4 Å². The molecule has 0 aliphatic carbocycles. The molecule has 5 aromatic rings. The van der Waals surface area contributed by atoms with Crippen LogP contribution in [0.4, 0.5) is 5.69 Å². The molecule has 0 saturated carbocycles. The second kappa shape index (κ2) is 10.5. The molecule has 0 radical (unpaired) electrons. The average molecular weight is 567 g/mol. The number of hydrogen-bond acceptors (Lipinski definition) is 7. The Balaban J connectivity index is 1.35. The number of aliphatic hydroxyl groups excluding tert-OH is 1. The number of oxazole rings is 1. The number of carbonyl (C=O) groups is 1. The van der Waals surface area contributed by atoms with Gasteiger partial charge in [-0.25, -0.2) is 9.97 Å². The van der Waals surface area contributed by atoms with E-state index < -0.39 is 0 Å². The Kier molecular flexibility index (Phi) is 6.83. The summed E-state index contributed by atoms with van der Waals surface area (Å²) in [6, 6.07) is 16.6. The maximum Gasteiger partial charge on any atom is 0.291 e. The molecule has 0 saturated heterocycles. The van der Waals surface area contributed by atoms with Gasteiger partial charge in [-0.15, -0.1) is 0 Å². The number of imidazole rings is 1. The number of likely N-dealkylation sites (N-methyl/N-ethyl adjacent to an activating group) is 1. The Bertz CT molecular complexity index is 1880. The smallest absolute Gasteiger partial charge is 0.291 e. The molecule has 41 heavy (non-hydrogen) atoms. The molecule has 2 aromatic heterocycles. The number of nitrogens with zero attached hydrogens (tertiary/aromatic N) is 5. The molecule has 1 aliphatic heterocycles. The quantitative estimate of drug-likeness (QED) is 0.290. The molecule has 6 rings (SSSR count). The summed E-state index contributed by atoms with van der Waals surface area (Å²) in [5.41, 5.74) is 7.44. The topological polar surface area (TPSA) is 120 Å². The lowest BCUT2D eigenvalue weighted by Crippen LogP contribution is -2.27. The lowest BCUT2D eigenvalue weighted by molar-refractivity contribution is 0.101. The van der Waals surface area contributed by atoms with Gasteiger partial charge in [0.15, 0.2) is 11.4 Å². The second-order valence-electron chi connectivity index (χ2n) is 10.3. The second-order valence-corrected chi connectivity index (χ2v) is 10.6. The van der Waals surface area contributed by atoms with Gasteiger partial charge in [-0.3, -0.25) is 4.79 Å². The minimum absolute atomic E-state index is 0.202. The highest BCUT2D eigenvalue weighted by molar-refractivity contribution is 6.36. The number of halogens is 1. The summed E-state index contributed by atoms with van der Waals surface area (Å²) in [6.07, 6.45) is 0.842. The van der Waals surface area contributed by atoms with Crippen molar-refractivity contribution in [3.05, 3.63) is 87.5 Å². The molecule has 0 unspecified atom stereocenters. The first kappa shape index (κ1) is 26.7. The molecule has 1 amide bonds. The molecule has 1 aliphatic rings. The molecule has 2 N–H and O–H groups in total. The number of rotatable bonds is 5. The van der Waals surface area contributed by atoms with Gasteiger partial charge in [0.05, 0.1) is 28.6 Å². The van der Waals surface area contributed by atoms with Crippen LogP contribution in [0.15, 0.2) is 52.9 Å². The summed E-state index contributed by atoms with van der Waals surface area (Å²) in [7, 11) is 3.91. The van der Waals surface area contributed by atoms with E-state index in [4.69, 9.17) is 16.0 Å². The minimum atomic E-state index is -0.323. The van der Waals surface area contributed by atoms with Crippen LogP contribution in [0.25, 0.3) is 33.7 Å². The van der Waals surface area contributed by atoms with Gasteiger partial charge in [0.1, 0.15) is 11.6 Å². The number of aromatic nitrogens is 3. The first-order valence-corrected chi connectivity index (χ1v) is 13.5. The number of aliphatic hydroxyl groups is 1. The van der Waals surface area contributed by atoms with Gasteiger partial charge in [0, 0.05) is 43.4 Å². The van der Waals surface area contributed by atoms with E-state index >= 15 is 0 Å². The monoisotopic (exact) mass is 566 g/mol. The van der Waals surface area contributed by atoms with Gasteiger partial charge in [0.2, 0.25) is 5.89 Å². The molecule has 9 nitrogen and oxygen atoms in total. The molecule has 206 valence electrons. The number of anilines is 1. The number of carbonyl (C=O) groups excluding carboxylic acids is 1. The highest BCUT2D eigenvalue weighted by Crippen LogP contribution is 2.39. The summed E-state index contributed by atoms with van der Waals surface area (Å²) in [4.78, 5) is 24.7. The number of nitriles is 1. The molecule has 0 atom stereocenters. The van der Waals surface area contributed by atoms with Crippen molar-refractivity contribution >= 4 is 34.3 Å². The lowest BCUT2D eigenvalue weighted by Gasteiger charge is -2.21. The van der Waals surface area contributed by atoms with Gasteiger partial charge in [-0.1, -0.05) is 35.9 Å². The van der Waals surface area contributed by atoms with Crippen molar-refractivity contribution in [2.24, 2.45) is 7.05 Å². The summed E-state index contributed by atoms with van der Waals surface area (Å²) in [5.74, 6) is 0.383. The van der Waals surface area contributed by atoms with Crippen LogP contribution in [-0.2, 0) is 26.6 Å². The van der Waals surface area contributed by atoms with Gasteiger partial charge >= 0.3 is 0 Å². The minimum Gasteiger partial charge on any atom is -0.435 e. The zero-order valence-corrected chi connectivity index (χ0v) is 23.6. The summed E-state index contributed by atoms with van der Waals surface area (Å²) in [6.45, 7) is 3.38. The van der Waals surface area contributed by atoms with E-state index in [9.17, 15) is 15.2 Å². The van der Waals surface area contributed by atoms with E-state index in [-0.39, 0.29) is 12.5 Å². The number of benzene rings is 3. The Morgan fingerprint density at radius 1 is 1.15 bits per heavy atom. The van der Waals surface area contributed by atoms with E-state index in [0.717, 1.165) is 46.6 Å². The van der Waals surface area contributed by atoms with Crippen molar-refractivity contribution in [2.45, 2.75) is 26.5 Å². The predicted octanol–water partition coefficient (Wildman–Crippen LogP) is 5.46. The fourth-order valence-corrected chi connectivity index (χ4v) is 5.69. The molecule has 3 aromatic carbocycles. The molecule has 0 spiro atoms. The fraction of sp³-hybridized carbons (Fsp3) is 0.226.